The van der Waals surface area contributed by atoms with Gasteiger partial charge in [0.15, 0.2) is 18.1 Å². The maximum atomic E-state index is 13.0. The van der Waals surface area contributed by atoms with E-state index < -0.39 is 48.4 Å². The predicted molar refractivity (Wildman–Crippen MR) is 112 cm³/mol. The molecule has 0 atom stereocenters. The number of nitrogens with one attached hydrogen (secondary N) is 2. The fraction of sp³-hybridized carbons (Fsp3) is 0.318. The van der Waals surface area contributed by atoms with Crippen LogP contribution in [0.4, 0.5) is 18.9 Å². The van der Waals surface area contributed by atoms with Crippen molar-refractivity contribution in [2.45, 2.75) is 20.0 Å². The van der Waals surface area contributed by atoms with Crippen LogP contribution in [0.5, 0.6) is 11.5 Å². The summed E-state index contributed by atoms with van der Waals surface area (Å²) >= 11 is 0. The van der Waals surface area contributed by atoms with Crippen molar-refractivity contribution >= 4 is 23.5 Å². The summed E-state index contributed by atoms with van der Waals surface area (Å²) in [6.07, 6.45) is -4.66. The maximum Gasteiger partial charge on any atom is 0.418 e. The Morgan fingerprint density at radius 3 is 2.27 bits per heavy atom. The third-order valence-corrected chi connectivity index (χ3v) is 4.07. The van der Waals surface area contributed by atoms with Gasteiger partial charge < -0.3 is 24.8 Å². The number of alkyl halides is 3. The van der Waals surface area contributed by atoms with Gasteiger partial charge in [-0.15, -0.1) is 0 Å². The van der Waals surface area contributed by atoms with Crippen LogP contribution in [0.15, 0.2) is 42.5 Å². The van der Waals surface area contributed by atoms with Crippen molar-refractivity contribution < 1.29 is 41.8 Å². The highest BCUT2D eigenvalue weighted by Gasteiger charge is 2.33. The van der Waals surface area contributed by atoms with Crippen LogP contribution in [0.3, 0.4) is 0 Å². The minimum atomic E-state index is -4.66. The molecular formula is C22H23F3N2O6. The number of amides is 2. The molecule has 2 aromatic carbocycles. The van der Waals surface area contributed by atoms with E-state index in [2.05, 4.69) is 5.32 Å². The molecule has 11 heteroatoms. The molecule has 0 aliphatic rings. The van der Waals surface area contributed by atoms with E-state index in [4.69, 9.17) is 14.2 Å². The molecule has 2 rings (SSSR count). The molecule has 2 aromatic rings. The summed E-state index contributed by atoms with van der Waals surface area (Å²) in [6, 6.07) is 8.91. The number of hydrogen-bond acceptors (Lipinski definition) is 6. The largest absolute Gasteiger partial charge is 0.490 e. The van der Waals surface area contributed by atoms with Crippen molar-refractivity contribution in [3.05, 3.63) is 53.6 Å². The third kappa shape index (κ3) is 7.70. The molecule has 0 fully saturated rings. The Labute approximate surface area is 188 Å². The normalized spacial score (nSPS) is 10.8. The van der Waals surface area contributed by atoms with Crippen LogP contribution in [-0.2, 0) is 20.5 Å². The van der Waals surface area contributed by atoms with Gasteiger partial charge in [0.2, 0.25) is 0 Å². The van der Waals surface area contributed by atoms with Crippen molar-refractivity contribution in [1.82, 2.24) is 5.32 Å². The summed E-state index contributed by atoms with van der Waals surface area (Å²) in [6.45, 7) is 2.97. The SMILES string of the molecule is CCOc1ccc(C(=O)NCC(=O)OCC(=O)Nc2ccccc2C(F)(F)F)cc1OCC. The molecule has 0 spiro atoms. The molecule has 0 bridgehead atoms. The van der Waals surface area contributed by atoms with Crippen molar-refractivity contribution in [3.63, 3.8) is 0 Å². The van der Waals surface area contributed by atoms with E-state index in [1.165, 1.54) is 24.3 Å². The lowest BCUT2D eigenvalue weighted by molar-refractivity contribution is -0.146. The molecule has 0 unspecified atom stereocenters. The molecule has 0 saturated heterocycles. The van der Waals surface area contributed by atoms with Gasteiger partial charge in [-0.25, -0.2) is 0 Å². The Hall–Kier alpha value is -3.76. The Balaban J connectivity index is 1.86. The standard InChI is InChI=1S/C22H23F3N2O6/c1-3-31-17-10-9-14(11-18(17)32-4-2)21(30)26-12-20(29)33-13-19(28)27-16-8-6-5-7-15(16)22(23,24)25/h5-11H,3-4,12-13H2,1-2H3,(H,26,30)(H,27,28). The number of rotatable bonds is 10. The van der Waals surface area contributed by atoms with Crippen molar-refractivity contribution in [2.75, 3.05) is 31.7 Å². The van der Waals surface area contributed by atoms with E-state index in [0.717, 1.165) is 12.1 Å². The lowest BCUT2D eigenvalue weighted by atomic mass is 10.1. The zero-order valence-electron chi connectivity index (χ0n) is 18.0. The van der Waals surface area contributed by atoms with Gasteiger partial charge in [-0.2, -0.15) is 13.2 Å². The molecule has 0 saturated carbocycles. The topological polar surface area (TPSA) is 103 Å². The van der Waals surface area contributed by atoms with Crippen LogP contribution in [0.2, 0.25) is 0 Å². The second kappa shape index (κ2) is 11.7. The Morgan fingerprint density at radius 1 is 0.939 bits per heavy atom. The van der Waals surface area contributed by atoms with Gasteiger partial charge in [0.1, 0.15) is 6.54 Å². The van der Waals surface area contributed by atoms with Gasteiger partial charge in [0, 0.05) is 5.56 Å². The molecule has 0 aliphatic carbocycles. The Kier molecular flexibility index (Phi) is 9.08. The van der Waals surface area contributed by atoms with Crippen LogP contribution >= 0.6 is 0 Å². The van der Waals surface area contributed by atoms with Crippen molar-refractivity contribution in [3.8, 4) is 11.5 Å². The van der Waals surface area contributed by atoms with E-state index in [0.29, 0.717) is 24.7 Å². The molecule has 2 N–H and O–H groups in total. The monoisotopic (exact) mass is 468 g/mol. The highest BCUT2D eigenvalue weighted by Crippen LogP contribution is 2.34. The van der Waals surface area contributed by atoms with Gasteiger partial charge in [-0.3, -0.25) is 14.4 Å². The fourth-order valence-corrected chi connectivity index (χ4v) is 2.67. The number of esters is 1. The number of carbonyl (C=O) groups excluding carboxylic acids is 3. The van der Waals surface area contributed by atoms with Crippen LogP contribution in [0.1, 0.15) is 29.8 Å². The first kappa shape index (κ1) is 25.5. The number of halogens is 3. The molecule has 0 aliphatic heterocycles. The lowest BCUT2D eigenvalue weighted by Crippen LogP contribution is -2.32. The number of benzene rings is 2. The smallest absolute Gasteiger partial charge is 0.418 e. The Morgan fingerprint density at radius 2 is 1.61 bits per heavy atom. The van der Waals surface area contributed by atoms with E-state index in [1.54, 1.807) is 19.9 Å². The predicted octanol–water partition coefficient (Wildman–Crippen LogP) is 3.41. The van der Waals surface area contributed by atoms with Crippen LogP contribution in [-0.4, -0.2) is 44.1 Å². The highest BCUT2D eigenvalue weighted by atomic mass is 19.4. The summed E-state index contributed by atoms with van der Waals surface area (Å²) in [5, 5.41) is 4.38. The molecular weight excluding hydrogens is 445 g/mol. The summed E-state index contributed by atoms with van der Waals surface area (Å²) in [7, 11) is 0. The van der Waals surface area contributed by atoms with Crippen LogP contribution in [0.25, 0.3) is 0 Å². The van der Waals surface area contributed by atoms with Gasteiger partial charge in [0.05, 0.1) is 24.5 Å². The van der Waals surface area contributed by atoms with Gasteiger partial charge in [0.25, 0.3) is 11.8 Å². The van der Waals surface area contributed by atoms with Crippen molar-refractivity contribution in [2.24, 2.45) is 0 Å². The molecule has 2 amide bonds. The first-order valence-electron chi connectivity index (χ1n) is 9.95. The van der Waals surface area contributed by atoms with Crippen LogP contribution in [0, 0.1) is 0 Å². The number of carbonyl (C=O) groups is 3. The summed E-state index contributed by atoms with van der Waals surface area (Å²) in [5.74, 6) is -1.67. The van der Waals surface area contributed by atoms with Gasteiger partial charge >= 0.3 is 12.1 Å². The van der Waals surface area contributed by atoms with Gasteiger partial charge in [-0.05, 0) is 44.2 Å². The summed E-state index contributed by atoms with van der Waals surface area (Å²) in [4.78, 5) is 36.0. The fourth-order valence-electron chi connectivity index (χ4n) is 2.67. The third-order valence-electron chi connectivity index (χ3n) is 4.07. The second-order valence-electron chi connectivity index (χ2n) is 6.46. The quantitative estimate of drug-likeness (QED) is 0.518. The second-order valence-corrected chi connectivity index (χ2v) is 6.46. The molecule has 0 aromatic heterocycles. The minimum absolute atomic E-state index is 0.205. The first-order valence-corrected chi connectivity index (χ1v) is 9.95. The number of ether oxygens (including phenoxy) is 3. The van der Waals surface area contributed by atoms with Gasteiger partial charge in [-0.1, -0.05) is 12.1 Å². The zero-order valence-corrected chi connectivity index (χ0v) is 18.0. The van der Waals surface area contributed by atoms with E-state index in [1.807, 2.05) is 5.32 Å². The van der Waals surface area contributed by atoms with E-state index in [9.17, 15) is 27.6 Å². The molecule has 8 nitrogen and oxygen atoms in total. The Bertz CT molecular complexity index is 994. The number of para-hydroxylation sites is 1. The average molecular weight is 468 g/mol. The maximum absolute atomic E-state index is 13.0. The zero-order chi connectivity index (χ0) is 24.4. The molecule has 0 heterocycles. The summed E-state index contributed by atoms with van der Waals surface area (Å²) < 4.78 is 54.5. The number of hydrogen-bond donors (Lipinski definition) is 2. The average Bonchev–Trinajstić information content (AvgIpc) is 2.77. The first-order chi connectivity index (χ1) is 15.7. The molecule has 178 valence electrons. The molecule has 0 radical (unpaired) electrons. The van der Waals surface area contributed by atoms with Crippen LogP contribution < -0.4 is 20.1 Å². The minimum Gasteiger partial charge on any atom is -0.490 e. The van der Waals surface area contributed by atoms with E-state index in [-0.39, 0.29) is 5.56 Å². The lowest BCUT2D eigenvalue weighted by Gasteiger charge is -2.14. The molecule has 33 heavy (non-hydrogen) atoms. The summed E-state index contributed by atoms with van der Waals surface area (Å²) in [5.41, 5.74) is -1.28. The van der Waals surface area contributed by atoms with E-state index >= 15 is 0 Å². The highest BCUT2D eigenvalue weighted by molar-refractivity contribution is 5.97. The van der Waals surface area contributed by atoms with Crippen molar-refractivity contribution in [1.29, 1.82) is 0 Å². The number of anilines is 1.